The number of Topliss-reactive ketones (excluding diaryl/α,β-unsaturated/α-hetero) is 1. The molecule has 1 N–H and O–H groups in total. The Balaban J connectivity index is 1.51. The van der Waals surface area contributed by atoms with Gasteiger partial charge in [-0.3, -0.25) is 14.4 Å². The molecular formula is C27H36O7S. The molecule has 0 spiro atoms. The molecule has 1 aliphatic heterocycles. The predicted molar refractivity (Wildman–Crippen MR) is 131 cm³/mol. The van der Waals surface area contributed by atoms with Crippen molar-refractivity contribution in [2.75, 3.05) is 18.6 Å². The lowest BCUT2D eigenvalue weighted by molar-refractivity contribution is -0.225. The number of rotatable bonds is 5. The van der Waals surface area contributed by atoms with Gasteiger partial charge in [-0.2, -0.15) is 11.8 Å². The Hall–Kier alpha value is -1.48. The number of hydrogen-bond donors (Lipinski definition) is 1. The van der Waals surface area contributed by atoms with Crippen molar-refractivity contribution in [3.63, 3.8) is 0 Å². The molecule has 0 aromatic heterocycles. The molecule has 0 aromatic rings. The van der Waals surface area contributed by atoms with E-state index >= 15 is 0 Å². The Bertz CT molecular complexity index is 1020. The Labute approximate surface area is 211 Å². The van der Waals surface area contributed by atoms with Gasteiger partial charge in [-0.25, -0.2) is 0 Å². The van der Waals surface area contributed by atoms with E-state index in [1.165, 1.54) is 11.8 Å². The van der Waals surface area contributed by atoms with Crippen molar-refractivity contribution in [1.29, 1.82) is 0 Å². The van der Waals surface area contributed by atoms with E-state index in [9.17, 15) is 19.5 Å². The van der Waals surface area contributed by atoms with E-state index in [1.54, 1.807) is 18.4 Å². The summed E-state index contributed by atoms with van der Waals surface area (Å²) >= 11 is 1.34. The molecule has 7 nitrogen and oxygen atoms in total. The molecule has 5 rings (SSSR count). The fourth-order valence-electron chi connectivity index (χ4n) is 8.33. The highest BCUT2D eigenvalue weighted by Crippen LogP contribution is 2.70. The Morgan fingerprint density at radius 2 is 2.00 bits per heavy atom. The van der Waals surface area contributed by atoms with Crippen molar-refractivity contribution in [2.45, 2.75) is 77.0 Å². The molecule has 1 saturated heterocycles. The number of hydrogen-bond acceptors (Lipinski definition) is 8. The molecule has 1 heterocycles. The van der Waals surface area contributed by atoms with Crippen LogP contribution in [0.3, 0.4) is 0 Å². The lowest BCUT2D eigenvalue weighted by Gasteiger charge is -2.59. The first-order valence-electron chi connectivity index (χ1n) is 12.6. The molecule has 192 valence electrons. The molecule has 4 fully saturated rings. The van der Waals surface area contributed by atoms with Crippen molar-refractivity contribution < 1.29 is 33.7 Å². The molecule has 0 unspecified atom stereocenters. The van der Waals surface area contributed by atoms with Crippen LogP contribution in [0.1, 0.15) is 53.4 Å². The number of carbonyl (C=O) groups is 3. The maximum absolute atomic E-state index is 13.9. The summed E-state index contributed by atoms with van der Waals surface area (Å²) in [6, 6.07) is 0. The van der Waals surface area contributed by atoms with Crippen LogP contribution in [0.15, 0.2) is 23.8 Å². The lowest BCUT2D eigenvalue weighted by atomic mass is 9.46. The minimum absolute atomic E-state index is 0.00561. The number of aliphatic hydroxyl groups is 1. The van der Waals surface area contributed by atoms with Gasteiger partial charge in [0.2, 0.25) is 5.78 Å². The van der Waals surface area contributed by atoms with Gasteiger partial charge in [-0.1, -0.05) is 25.5 Å². The number of fused-ring (bicyclic) bond motifs is 7. The van der Waals surface area contributed by atoms with Gasteiger partial charge in [0.15, 0.2) is 23.8 Å². The summed E-state index contributed by atoms with van der Waals surface area (Å²) in [5, 5.41) is 11.7. The number of carbonyl (C=O) groups excluding carboxylic acids is 3. The number of allylic oxidation sites excluding steroid dienone is 4. The van der Waals surface area contributed by atoms with Crippen LogP contribution in [0.25, 0.3) is 0 Å². The van der Waals surface area contributed by atoms with E-state index in [4.69, 9.17) is 14.2 Å². The number of esters is 1. The van der Waals surface area contributed by atoms with Gasteiger partial charge in [0.1, 0.15) is 0 Å². The topological polar surface area (TPSA) is 99.1 Å². The zero-order valence-corrected chi connectivity index (χ0v) is 22.0. The van der Waals surface area contributed by atoms with E-state index in [2.05, 4.69) is 13.8 Å². The third kappa shape index (κ3) is 3.54. The summed E-state index contributed by atoms with van der Waals surface area (Å²) in [5.74, 6) is -1.31. The highest BCUT2D eigenvalue weighted by Gasteiger charge is 2.76. The van der Waals surface area contributed by atoms with Gasteiger partial charge in [-0.05, 0) is 69.8 Å². The van der Waals surface area contributed by atoms with Crippen molar-refractivity contribution in [3.05, 3.63) is 23.8 Å². The van der Waals surface area contributed by atoms with E-state index in [1.807, 2.05) is 19.9 Å². The van der Waals surface area contributed by atoms with Crippen LogP contribution >= 0.6 is 11.8 Å². The second-order valence-corrected chi connectivity index (χ2v) is 12.7. The van der Waals surface area contributed by atoms with E-state index in [0.29, 0.717) is 12.8 Å². The highest BCUT2D eigenvalue weighted by molar-refractivity contribution is 7.99. The van der Waals surface area contributed by atoms with Crippen LogP contribution in [0.2, 0.25) is 0 Å². The molecule has 35 heavy (non-hydrogen) atoms. The molecule has 0 aromatic carbocycles. The molecule has 8 heteroatoms. The maximum atomic E-state index is 13.9. The summed E-state index contributed by atoms with van der Waals surface area (Å²) in [6.07, 6.45) is 8.65. The van der Waals surface area contributed by atoms with Crippen LogP contribution in [0.4, 0.5) is 0 Å². The standard InChI is InChI=1S/C27H36O7S/c1-24(2)33-21-11-18-17-7-6-15-10-16(28)8-9-25(15,3)23(17)19(29)12-26(18,4)27(21,34-24)20(30)13-32-22(31)14-35-5/h8-10,17-19,21,23,29H,6-7,11-14H2,1-5H3/t17-,18-,19-,21+,23+,25-,26-,27+/m0/s1. The average molecular weight is 505 g/mol. The fraction of sp³-hybridized carbons (Fsp3) is 0.741. The monoisotopic (exact) mass is 504 g/mol. The Morgan fingerprint density at radius 1 is 1.26 bits per heavy atom. The first-order chi connectivity index (χ1) is 16.4. The van der Waals surface area contributed by atoms with Crippen LogP contribution in [-0.2, 0) is 28.6 Å². The molecule has 0 amide bonds. The molecule has 0 bridgehead atoms. The minimum Gasteiger partial charge on any atom is -0.457 e. The van der Waals surface area contributed by atoms with Crippen molar-refractivity contribution >= 4 is 29.3 Å². The van der Waals surface area contributed by atoms with Gasteiger partial charge < -0.3 is 19.3 Å². The molecule has 3 saturated carbocycles. The normalized spacial score (nSPS) is 45.1. The summed E-state index contributed by atoms with van der Waals surface area (Å²) in [7, 11) is 0. The minimum atomic E-state index is -1.29. The van der Waals surface area contributed by atoms with Crippen LogP contribution in [-0.4, -0.2) is 64.9 Å². The second kappa shape index (κ2) is 8.27. The van der Waals surface area contributed by atoms with Crippen LogP contribution in [0.5, 0.6) is 0 Å². The average Bonchev–Trinajstić information content (AvgIpc) is 3.18. The maximum Gasteiger partial charge on any atom is 0.316 e. The van der Waals surface area contributed by atoms with Crippen molar-refractivity contribution in [1.82, 2.24) is 0 Å². The first kappa shape index (κ1) is 25.2. The molecule has 8 atom stereocenters. The summed E-state index contributed by atoms with van der Waals surface area (Å²) in [5.41, 5.74) is -1.27. The number of aliphatic hydroxyl groups excluding tert-OH is 1. The van der Waals surface area contributed by atoms with Gasteiger partial charge in [0.05, 0.1) is 18.0 Å². The Kier molecular flexibility index (Phi) is 5.95. The number of thioether (sulfide) groups is 1. The lowest BCUT2D eigenvalue weighted by Crippen LogP contribution is -2.64. The van der Waals surface area contributed by atoms with Gasteiger partial charge in [0, 0.05) is 16.7 Å². The van der Waals surface area contributed by atoms with Gasteiger partial charge in [-0.15, -0.1) is 0 Å². The summed E-state index contributed by atoms with van der Waals surface area (Å²) in [6.45, 7) is 7.43. The van der Waals surface area contributed by atoms with Gasteiger partial charge >= 0.3 is 5.97 Å². The van der Waals surface area contributed by atoms with E-state index in [-0.39, 0.29) is 47.1 Å². The van der Waals surface area contributed by atoms with Crippen LogP contribution < -0.4 is 0 Å². The second-order valence-electron chi connectivity index (χ2n) is 11.8. The number of ketones is 2. The Morgan fingerprint density at radius 3 is 2.71 bits per heavy atom. The number of ether oxygens (including phenoxy) is 3. The largest absolute Gasteiger partial charge is 0.457 e. The zero-order valence-electron chi connectivity index (χ0n) is 21.2. The molecular weight excluding hydrogens is 468 g/mol. The molecule has 0 radical (unpaired) electrons. The van der Waals surface area contributed by atoms with E-state index < -0.39 is 35.0 Å². The molecule has 5 aliphatic rings. The summed E-state index contributed by atoms with van der Waals surface area (Å²) in [4.78, 5) is 38.0. The van der Waals surface area contributed by atoms with E-state index in [0.717, 1.165) is 18.4 Å². The quantitative estimate of drug-likeness (QED) is 0.570. The smallest absolute Gasteiger partial charge is 0.316 e. The fourth-order valence-corrected chi connectivity index (χ4v) is 8.65. The van der Waals surface area contributed by atoms with Gasteiger partial charge in [0.25, 0.3) is 0 Å². The zero-order chi connectivity index (χ0) is 25.4. The SMILES string of the molecule is CSCC(=O)OCC(=O)[C@@]12OC(C)(C)O[C@@H]1C[C@H]1[C@@H]3CCC4=CC(=O)C=C[C@]4(C)[C@H]3[C@@H](O)C[C@@]12C. The third-order valence-corrected chi connectivity index (χ3v) is 10.1. The van der Waals surface area contributed by atoms with Crippen molar-refractivity contribution in [2.24, 2.45) is 28.6 Å². The predicted octanol–water partition coefficient (Wildman–Crippen LogP) is 3.24. The molecule has 4 aliphatic carbocycles. The third-order valence-electron chi connectivity index (χ3n) is 9.53. The first-order valence-corrected chi connectivity index (χ1v) is 14.0. The van der Waals surface area contributed by atoms with Crippen molar-refractivity contribution in [3.8, 4) is 0 Å². The summed E-state index contributed by atoms with van der Waals surface area (Å²) < 4.78 is 18.2. The highest BCUT2D eigenvalue weighted by atomic mass is 32.2. The van der Waals surface area contributed by atoms with Crippen LogP contribution in [0, 0.1) is 28.6 Å².